The molecule has 0 saturated heterocycles. The summed E-state index contributed by atoms with van der Waals surface area (Å²) in [5.41, 5.74) is 7.00. The smallest absolute Gasteiger partial charge is 0.128 e. The lowest BCUT2D eigenvalue weighted by Gasteiger charge is -2.27. The van der Waals surface area contributed by atoms with Gasteiger partial charge in [-0.3, -0.25) is 9.88 Å². The van der Waals surface area contributed by atoms with Crippen molar-refractivity contribution in [1.29, 1.82) is 0 Å². The van der Waals surface area contributed by atoms with Crippen LogP contribution >= 0.6 is 0 Å². The summed E-state index contributed by atoms with van der Waals surface area (Å²) in [5, 5.41) is 0. The van der Waals surface area contributed by atoms with E-state index in [4.69, 9.17) is 5.73 Å². The molecule has 0 fully saturated rings. The number of nitrogens with zero attached hydrogens (tertiary/aromatic N) is 2. The molecule has 3 nitrogen and oxygen atoms in total. The van der Waals surface area contributed by atoms with Gasteiger partial charge in [0.15, 0.2) is 0 Å². The molecule has 1 aromatic carbocycles. The molecule has 5 heteroatoms. The first-order valence-corrected chi connectivity index (χ1v) is 6.87. The Morgan fingerprint density at radius 3 is 2.71 bits per heavy atom. The van der Waals surface area contributed by atoms with E-state index in [-0.39, 0.29) is 12.6 Å². The number of hydrogen-bond donors (Lipinski definition) is 1. The van der Waals surface area contributed by atoms with Crippen molar-refractivity contribution in [2.45, 2.75) is 12.5 Å². The molecule has 0 radical (unpaired) electrons. The number of hydrogen-bond acceptors (Lipinski definition) is 3. The maximum Gasteiger partial charge on any atom is 0.128 e. The molecule has 1 heterocycles. The normalized spacial score (nSPS) is 12.6. The molecular weight excluding hydrogens is 272 g/mol. The van der Waals surface area contributed by atoms with Crippen LogP contribution in [0, 0.1) is 11.6 Å². The van der Waals surface area contributed by atoms with E-state index in [0.717, 1.165) is 24.2 Å². The fourth-order valence-electron chi connectivity index (χ4n) is 2.31. The van der Waals surface area contributed by atoms with Crippen LogP contribution in [0.4, 0.5) is 8.78 Å². The first-order chi connectivity index (χ1) is 10.1. The molecule has 112 valence electrons. The number of rotatable bonds is 6. The highest BCUT2D eigenvalue weighted by Gasteiger charge is 2.19. The van der Waals surface area contributed by atoms with Crippen LogP contribution in [0.3, 0.4) is 0 Å². The van der Waals surface area contributed by atoms with Gasteiger partial charge in [-0.15, -0.1) is 0 Å². The number of likely N-dealkylation sites (N-methyl/N-ethyl adjacent to an activating group) is 1. The zero-order chi connectivity index (χ0) is 15.2. The van der Waals surface area contributed by atoms with Crippen LogP contribution in [0.1, 0.15) is 17.3 Å². The van der Waals surface area contributed by atoms with Crippen molar-refractivity contribution in [2.24, 2.45) is 5.73 Å². The minimum atomic E-state index is -0.456. The van der Waals surface area contributed by atoms with Crippen LogP contribution in [-0.4, -0.2) is 30.0 Å². The van der Waals surface area contributed by atoms with Gasteiger partial charge in [0.1, 0.15) is 11.6 Å². The first kappa shape index (κ1) is 15.5. The number of aromatic nitrogens is 1. The van der Waals surface area contributed by atoms with Gasteiger partial charge in [0, 0.05) is 43.0 Å². The van der Waals surface area contributed by atoms with Crippen LogP contribution in [0.15, 0.2) is 42.6 Å². The summed E-state index contributed by atoms with van der Waals surface area (Å²) < 4.78 is 27.2. The number of halogens is 2. The highest BCUT2D eigenvalue weighted by molar-refractivity contribution is 5.23. The van der Waals surface area contributed by atoms with E-state index in [1.807, 2.05) is 30.1 Å². The molecule has 2 rings (SSSR count). The predicted octanol–water partition coefficient (Wildman–Crippen LogP) is 2.53. The average molecular weight is 291 g/mol. The zero-order valence-corrected chi connectivity index (χ0v) is 12.0. The highest BCUT2D eigenvalue weighted by Crippen LogP contribution is 2.22. The third-order valence-corrected chi connectivity index (χ3v) is 3.52. The van der Waals surface area contributed by atoms with Gasteiger partial charge in [0.2, 0.25) is 0 Å². The molecule has 0 aliphatic heterocycles. The van der Waals surface area contributed by atoms with Crippen molar-refractivity contribution >= 4 is 0 Å². The number of nitrogens with two attached hydrogens (primary N) is 1. The molecule has 1 unspecified atom stereocenters. The predicted molar refractivity (Wildman–Crippen MR) is 78.7 cm³/mol. The zero-order valence-electron chi connectivity index (χ0n) is 12.0. The third kappa shape index (κ3) is 4.06. The molecule has 0 saturated carbocycles. The Bertz CT molecular complexity index is 575. The van der Waals surface area contributed by atoms with Gasteiger partial charge >= 0.3 is 0 Å². The lowest BCUT2D eigenvalue weighted by Crippen LogP contribution is -2.33. The summed E-state index contributed by atoms with van der Waals surface area (Å²) in [6, 6.07) is 8.83. The summed E-state index contributed by atoms with van der Waals surface area (Å²) in [7, 11) is 1.85. The summed E-state index contributed by atoms with van der Waals surface area (Å²) in [4.78, 5) is 6.17. The molecule has 0 amide bonds. The monoisotopic (exact) mass is 291 g/mol. The van der Waals surface area contributed by atoms with E-state index >= 15 is 0 Å². The van der Waals surface area contributed by atoms with Crippen molar-refractivity contribution in [3.05, 3.63) is 65.5 Å². The summed E-state index contributed by atoms with van der Waals surface area (Å²) in [6.07, 6.45) is 2.47. The molecule has 21 heavy (non-hydrogen) atoms. The topological polar surface area (TPSA) is 42.2 Å². The highest BCUT2D eigenvalue weighted by atomic mass is 19.1. The minimum absolute atomic E-state index is 0.221. The van der Waals surface area contributed by atoms with Gasteiger partial charge in [-0.05, 0) is 37.4 Å². The lowest BCUT2D eigenvalue weighted by atomic mass is 10.0. The Morgan fingerprint density at radius 2 is 2.05 bits per heavy atom. The Balaban J connectivity index is 2.08. The summed E-state index contributed by atoms with van der Waals surface area (Å²) >= 11 is 0. The van der Waals surface area contributed by atoms with E-state index in [1.165, 1.54) is 6.07 Å². The van der Waals surface area contributed by atoms with Crippen molar-refractivity contribution in [3.8, 4) is 0 Å². The quantitative estimate of drug-likeness (QED) is 0.889. The second-order valence-electron chi connectivity index (χ2n) is 4.97. The Kier molecular flexibility index (Phi) is 5.36. The van der Waals surface area contributed by atoms with Crippen LogP contribution in [-0.2, 0) is 6.42 Å². The van der Waals surface area contributed by atoms with Crippen LogP contribution in [0.25, 0.3) is 0 Å². The summed E-state index contributed by atoms with van der Waals surface area (Å²) in [5.74, 6) is -0.889. The molecule has 0 spiro atoms. The molecule has 0 aliphatic carbocycles. The number of benzene rings is 1. The van der Waals surface area contributed by atoms with E-state index in [0.29, 0.717) is 12.1 Å². The second-order valence-corrected chi connectivity index (χ2v) is 4.97. The van der Waals surface area contributed by atoms with E-state index in [1.54, 1.807) is 6.20 Å². The fraction of sp³-hybridized carbons (Fsp3) is 0.312. The van der Waals surface area contributed by atoms with Gasteiger partial charge in [0.25, 0.3) is 0 Å². The Labute approximate surface area is 123 Å². The van der Waals surface area contributed by atoms with Gasteiger partial charge in [-0.25, -0.2) is 8.78 Å². The molecule has 1 atom stereocenters. The summed E-state index contributed by atoms with van der Waals surface area (Å²) in [6.45, 7) is 0.883. The molecule has 2 N–H and O–H groups in total. The molecular formula is C16H19F2N3. The van der Waals surface area contributed by atoms with Crippen LogP contribution < -0.4 is 5.73 Å². The van der Waals surface area contributed by atoms with E-state index < -0.39 is 11.6 Å². The molecule has 0 aliphatic rings. The van der Waals surface area contributed by atoms with Crippen molar-refractivity contribution in [1.82, 2.24) is 9.88 Å². The van der Waals surface area contributed by atoms with E-state index in [2.05, 4.69) is 4.98 Å². The largest absolute Gasteiger partial charge is 0.329 e. The van der Waals surface area contributed by atoms with Gasteiger partial charge in [-0.1, -0.05) is 6.07 Å². The molecule has 1 aromatic heterocycles. The number of pyridine rings is 1. The van der Waals surface area contributed by atoms with Crippen LogP contribution in [0.5, 0.6) is 0 Å². The third-order valence-electron chi connectivity index (χ3n) is 3.52. The lowest BCUT2D eigenvalue weighted by molar-refractivity contribution is 0.246. The van der Waals surface area contributed by atoms with Gasteiger partial charge in [0.05, 0.1) is 0 Å². The SMILES string of the molecule is CN(CCc1ccccn1)C(CN)c1cc(F)ccc1F. The standard InChI is InChI=1S/C16H19F2N3/c1-21(9-7-13-4-2-3-8-20-13)16(11-19)14-10-12(17)5-6-15(14)18/h2-6,8,10,16H,7,9,11,19H2,1H3. The first-order valence-electron chi connectivity index (χ1n) is 6.87. The fourth-order valence-corrected chi connectivity index (χ4v) is 2.31. The van der Waals surface area contributed by atoms with Crippen molar-refractivity contribution in [3.63, 3.8) is 0 Å². The Morgan fingerprint density at radius 1 is 1.24 bits per heavy atom. The Hall–Kier alpha value is -1.85. The van der Waals surface area contributed by atoms with Gasteiger partial charge in [-0.2, -0.15) is 0 Å². The average Bonchev–Trinajstić information content (AvgIpc) is 2.50. The van der Waals surface area contributed by atoms with Crippen molar-refractivity contribution in [2.75, 3.05) is 20.1 Å². The van der Waals surface area contributed by atoms with Gasteiger partial charge < -0.3 is 5.73 Å². The van der Waals surface area contributed by atoms with E-state index in [9.17, 15) is 8.78 Å². The molecule has 0 bridgehead atoms. The minimum Gasteiger partial charge on any atom is -0.329 e. The molecule has 2 aromatic rings. The van der Waals surface area contributed by atoms with Crippen molar-refractivity contribution < 1.29 is 8.78 Å². The maximum atomic E-state index is 13.9. The van der Waals surface area contributed by atoms with Crippen LogP contribution in [0.2, 0.25) is 0 Å². The second kappa shape index (κ2) is 7.24. The maximum absolute atomic E-state index is 13.9.